The van der Waals surface area contributed by atoms with Crippen molar-refractivity contribution in [2.24, 2.45) is 0 Å². The van der Waals surface area contributed by atoms with E-state index in [-0.39, 0.29) is 0 Å². The van der Waals surface area contributed by atoms with Gasteiger partial charge < -0.3 is 4.42 Å². The Balaban J connectivity index is 1.14. The molecule has 3 aromatic heterocycles. The summed E-state index contributed by atoms with van der Waals surface area (Å²) in [4.78, 5) is 11.0. The van der Waals surface area contributed by atoms with Crippen LogP contribution in [-0.2, 0) is 0 Å². The first-order valence-electron chi connectivity index (χ1n) is 13.2. The van der Waals surface area contributed by atoms with Crippen molar-refractivity contribution in [2.75, 3.05) is 0 Å². The van der Waals surface area contributed by atoms with Crippen LogP contribution in [-0.4, -0.2) is 20.2 Å². The van der Waals surface area contributed by atoms with Crippen LogP contribution in [0.1, 0.15) is 0 Å². The van der Waals surface area contributed by atoms with Gasteiger partial charge in [-0.1, -0.05) is 121 Å². The number of rotatable bonds is 8. The molecule has 5 nitrogen and oxygen atoms in total. The van der Waals surface area contributed by atoms with E-state index in [9.17, 15) is 0 Å². The molecule has 0 atom stereocenters. The van der Waals surface area contributed by atoms with E-state index in [0.29, 0.717) is 10.2 Å². The Labute approximate surface area is 255 Å². The molecular formula is C34H22N4OS3. The molecule has 0 amide bonds. The van der Waals surface area contributed by atoms with Crippen molar-refractivity contribution in [3.8, 4) is 44.3 Å². The largest absolute Gasteiger partial charge is 0.430 e. The average Bonchev–Trinajstić information content (AvgIpc) is 3.68. The van der Waals surface area contributed by atoms with Gasteiger partial charge in [-0.15, -0.1) is 21.5 Å². The van der Waals surface area contributed by atoms with E-state index in [1.54, 1.807) is 11.3 Å². The van der Waals surface area contributed by atoms with Gasteiger partial charge in [0.1, 0.15) is 15.7 Å². The molecule has 3 heterocycles. The number of aromatic nitrogens is 4. The maximum atomic E-state index is 6.26. The molecule has 0 bridgehead atoms. The van der Waals surface area contributed by atoms with Crippen molar-refractivity contribution in [1.29, 1.82) is 0 Å². The molecule has 0 saturated carbocycles. The number of thiazole rings is 1. The lowest BCUT2D eigenvalue weighted by molar-refractivity contribution is 0.465. The van der Waals surface area contributed by atoms with Crippen LogP contribution >= 0.6 is 34.9 Å². The number of hydrogen-bond donors (Lipinski definition) is 0. The highest BCUT2D eigenvalue weighted by Crippen LogP contribution is 2.42. The van der Waals surface area contributed by atoms with Crippen LogP contribution in [0.3, 0.4) is 0 Å². The second-order valence-electron chi connectivity index (χ2n) is 9.19. The van der Waals surface area contributed by atoms with Gasteiger partial charge in [0.25, 0.3) is 5.22 Å². The van der Waals surface area contributed by atoms with E-state index in [1.165, 1.54) is 23.5 Å². The molecule has 8 heteroatoms. The summed E-state index contributed by atoms with van der Waals surface area (Å²) in [6, 6.07) is 44.7. The molecule has 4 aromatic carbocycles. The second-order valence-corrected chi connectivity index (χ2v) is 12.4. The smallest absolute Gasteiger partial charge is 0.263 e. The fourth-order valence-electron chi connectivity index (χ4n) is 4.44. The minimum atomic E-state index is 0.516. The summed E-state index contributed by atoms with van der Waals surface area (Å²) >= 11 is 4.53. The van der Waals surface area contributed by atoms with E-state index in [1.807, 2.05) is 97.1 Å². The molecule has 7 aromatic rings. The summed E-state index contributed by atoms with van der Waals surface area (Å²) in [6.45, 7) is 0. The SMILES string of the molecule is c1ccc(-c2nc(Sc3ccc(Sc4nc(-c5ccccc5)c(-c5ccccc5)s4)nn3)oc2-c2ccccc2)cc1. The van der Waals surface area contributed by atoms with Crippen molar-refractivity contribution in [1.82, 2.24) is 20.2 Å². The van der Waals surface area contributed by atoms with Crippen LogP contribution < -0.4 is 0 Å². The van der Waals surface area contributed by atoms with Crippen LogP contribution in [0.5, 0.6) is 0 Å². The zero-order valence-electron chi connectivity index (χ0n) is 22.1. The van der Waals surface area contributed by atoms with Crippen LogP contribution in [0.15, 0.2) is 157 Å². The van der Waals surface area contributed by atoms with Crippen LogP contribution in [0.25, 0.3) is 44.3 Å². The maximum Gasteiger partial charge on any atom is 0.263 e. The lowest BCUT2D eigenvalue weighted by atomic mass is 10.1. The first kappa shape index (κ1) is 26.4. The maximum absolute atomic E-state index is 6.26. The molecule has 0 saturated heterocycles. The van der Waals surface area contributed by atoms with Gasteiger partial charge in [0.2, 0.25) is 0 Å². The second kappa shape index (κ2) is 12.2. The standard InChI is InChI=1S/C34H22N4OS3/c1-5-13-23(14-6-1)29-31(25-17-9-3-10-18-25)39-33(35-29)40-27-21-22-28(38-37-27)41-34-36-30(24-15-7-2-8-16-24)32(42-34)26-19-11-4-12-20-26/h1-22H. The number of nitrogens with zero attached hydrogens (tertiary/aromatic N) is 4. The molecule has 0 fully saturated rings. The fourth-order valence-corrected chi connectivity index (χ4v) is 7.13. The van der Waals surface area contributed by atoms with E-state index in [0.717, 1.165) is 53.6 Å². The van der Waals surface area contributed by atoms with Crippen molar-refractivity contribution in [3.63, 3.8) is 0 Å². The molecule has 0 spiro atoms. The van der Waals surface area contributed by atoms with Crippen LogP contribution in [0, 0.1) is 0 Å². The van der Waals surface area contributed by atoms with Gasteiger partial charge >= 0.3 is 0 Å². The van der Waals surface area contributed by atoms with Crippen molar-refractivity contribution in [3.05, 3.63) is 133 Å². The third-order valence-electron chi connectivity index (χ3n) is 6.38. The Bertz CT molecular complexity index is 1650. The third kappa shape index (κ3) is 5.78. The topological polar surface area (TPSA) is 64.7 Å². The summed E-state index contributed by atoms with van der Waals surface area (Å²) < 4.78 is 7.17. The molecule has 0 N–H and O–H groups in total. The quantitative estimate of drug-likeness (QED) is 0.172. The van der Waals surface area contributed by atoms with Gasteiger partial charge in [0.05, 0.1) is 10.6 Å². The first-order chi connectivity index (χ1) is 20.8. The molecule has 0 radical (unpaired) electrons. The number of hydrogen-bond acceptors (Lipinski definition) is 8. The van der Waals surface area contributed by atoms with E-state index in [4.69, 9.17) is 14.4 Å². The lowest BCUT2D eigenvalue weighted by Crippen LogP contribution is -1.87. The fraction of sp³-hybridized carbons (Fsp3) is 0. The highest BCUT2D eigenvalue weighted by atomic mass is 32.2. The predicted octanol–water partition coefficient (Wildman–Crippen LogP) is 9.89. The molecule has 0 aliphatic rings. The summed E-state index contributed by atoms with van der Waals surface area (Å²) in [5.74, 6) is 0.733. The Morgan fingerprint density at radius 3 is 1.55 bits per heavy atom. The van der Waals surface area contributed by atoms with E-state index in [2.05, 4.69) is 46.6 Å². The molecule has 202 valence electrons. The zero-order chi connectivity index (χ0) is 28.1. The van der Waals surface area contributed by atoms with Crippen LogP contribution in [0.4, 0.5) is 0 Å². The molecule has 0 aliphatic carbocycles. The molecule has 0 aliphatic heterocycles. The molecule has 42 heavy (non-hydrogen) atoms. The van der Waals surface area contributed by atoms with Crippen molar-refractivity contribution < 1.29 is 4.42 Å². The third-order valence-corrected chi connectivity index (χ3v) is 9.25. The van der Waals surface area contributed by atoms with Gasteiger partial charge in [-0.3, -0.25) is 0 Å². The molecular weight excluding hydrogens is 577 g/mol. The number of oxazole rings is 1. The van der Waals surface area contributed by atoms with Crippen molar-refractivity contribution in [2.45, 2.75) is 19.6 Å². The predicted molar refractivity (Wildman–Crippen MR) is 171 cm³/mol. The van der Waals surface area contributed by atoms with Crippen LogP contribution in [0.2, 0.25) is 0 Å². The highest BCUT2D eigenvalue weighted by Gasteiger charge is 2.19. The van der Waals surface area contributed by atoms with Gasteiger partial charge in [-0.25, -0.2) is 9.97 Å². The van der Waals surface area contributed by atoms with Gasteiger partial charge in [-0.05, 0) is 41.2 Å². The summed E-state index contributed by atoms with van der Waals surface area (Å²) in [7, 11) is 0. The minimum absolute atomic E-state index is 0.516. The van der Waals surface area contributed by atoms with Crippen molar-refractivity contribution >= 4 is 34.9 Å². The first-order valence-corrected chi connectivity index (χ1v) is 15.7. The van der Waals surface area contributed by atoms with Gasteiger partial charge in [-0.2, -0.15) is 0 Å². The Morgan fingerprint density at radius 1 is 0.476 bits per heavy atom. The summed E-state index contributed by atoms with van der Waals surface area (Å²) in [6.07, 6.45) is 0. The Hall–Kier alpha value is -4.50. The van der Waals surface area contributed by atoms with E-state index < -0.39 is 0 Å². The minimum Gasteiger partial charge on any atom is -0.430 e. The van der Waals surface area contributed by atoms with E-state index >= 15 is 0 Å². The lowest BCUT2D eigenvalue weighted by Gasteiger charge is -2.02. The molecule has 7 rings (SSSR count). The average molecular weight is 599 g/mol. The summed E-state index contributed by atoms with van der Waals surface area (Å²) in [5.41, 5.74) is 5.99. The number of benzene rings is 4. The zero-order valence-corrected chi connectivity index (χ0v) is 24.6. The Kier molecular flexibility index (Phi) is 7.65. The van der Waals surface area contributed by atoms with Gasteiger partial charge in [0, 0.05) is 16.7 Å². The van der Waals surface area contributed by atoms with Gasteiger partial charge in [0.15, 0.2) is 10.1 Å². The Morgan fingerprint density at radius 2 is 0.976 bits per heavy atom. The summed E-state index contributed by atoms with van der Waals surface area (Å²) in [5, 5.41) is 11.0. The molecule has 0 unspecified atom stereocenters. The highest BCUT2D eigenvalue weighted by molar-refractivity contribution is 8.01. The monoisotopic (exact) mass is 598 g/mol. The normalized spacial score (nSPS) is 11.0.